The first kappa shape index (κ1) is 14.7. The van der Waals surface area contributed by atoms with Crippen molar-refractivity contribution in [1.29, 1.82) is 0 Å². The Morgan fingerprint density at radius 2 is 1.85 bits per heavy atom. The quantitative estimate of drug-likeness (QED) is 0.685. The van der Waals surface area contributed by atoms with Crippen molar-refractivity contribution in [3.8, 4) is 5.75 Å². The molecule has 0 aromatic heterocycles. The number of nitrogens with two attached hydrogens (primary N) is 1. The highest BCUT2D eigenvalue weighted by Gasteiger charge is 2.14. The molecule has 0 saturated heterocycles. The zero-order valence-electron chi connectivity index (χ0n) is 11.0. The number of nitrogen functional groups attached to an aromatic ring is 1. The van der Waals surface area contributed by atoms with Gasteiger partial charge in [-0.25, -0.2) is 0 Å². The maximum absolute atomic E-state index is 12.4. The summed E-state index contributed by atoms with van der Waals surface area (Å²) < 4.78 is 5.17. The van der Waals surface area contributed by atoms with E-state index in [2.05, 4.69) is 0 Å². The first-order chi connectivity index (χ1) is 9.43. The molecule has 0 amide bonds. The fourth-order valence-electron chi connectivity index (χ4n) is 1.93. The average Bonchev–Trinajstić information content (AvgIpc) is 2.43. The summed E-state index contributed by atoms with van der Waals surface area (Å²) in [5.41, 5.74) is 7.84. The molecule has 2 rings (SSSR count). The molecule has 5 heteroatoms. The van der Waals surface area contributed by atoms with E-state index in [0.717, 1.165) is 11.3 Å². The largest absolute Gasteiger partial charge is 0.496 e. The number of benzene rings is 2. The molecule has 0 radical (unpaired) electrons. The van der Waals surface area contributed by atoms with Crippen LogP contribution in [0.2, 0.25) is 10.0 Å². The number of carbonyl (C=O) groups excluding carboxylic acids is 1. The minimum absolute atomic E-state index is 0.166. The molecule has 0 spiro atoms. The predicted molar refractivity (Wildman–Crippen MR) is 82.0 cm³/mol. The van der Waals surface area contributed by atoms with E-state index in [1.165, 1.54) is 12.1 Å². The minimum atomic E-state index is -0.166. The summed E-state index contributed by atoms with van der Waals surface area (Å²) in [6, 6.07) is 8.26. The van der Waals surface area contributed by atoms with Crippen LogP contribution in [0.25, 0.3) is 0 Å². The van der Waals surface area contributed by atoms with Crippen molar-refractivity contribution in [2.24, 2.45) is 0 Å². The Balaban J connectivity index is 2.44. The standard InChI is InChI=1S/C15H13Cl2NO2/c1-8-5-9(3-4-13(8)20-2)15(19)10-6-11(16)14(17)12(18)7-10/h3-7H,18H2,1-2H3. The van der Waals surface area contributed by atoms with Crippen LogP contribution >= 0.6 is 23.2 Å². The van der Waals surface area contributed by atoms with Gasteiger partial charge in [-0.15, -0.1) is 0 Å². The fourth-order valence-corrected chi connectivity index (χ4v) is 2.26. The molecule has 3 nitrogen and oxygen atoms in total. The van der Waals surface area contributed by atoms with Crippen LogP contribution in [0.5, 0.6) is 5.75 Å². The number of ether oxygens (including phenoxy) is 1. The molecule has 2 N–H and O–H groups in total. The molecule has 0 aliphatic rings. The van der Waals surface area contributed by atoms with Gasteiger partial charge in [0.15, 0.2) is 5.78 Å². The van der Waals surface area contributed by atoms with Gasteiger partial charge in [-0.2, -0.15) is 0 Å². The molecule has 0 aliphatic carbocycles. The zero-order chi connectivity index (χ0) is 14.9. The maximum atomic E-state index is 12.4. The Morgan fingerprint density at radius 3 is 2.40 bits per heavy atom. The molecule has 0 fully saturated rings. The van der Waals surface area contributed by atoms with Crippen molar-refractivity contribution in [1.82, 2.24) is 0 Å². The van der Waals surface area contributed by atoms with Gasteiger partial charge < -0.3 is 10.5 Å². The van der Waals surface area contributed by atoms with Gasteiger partial charge in [-0.1, -0.05) is 23.2 Å². The summed E-state index contributed by atoms with van der Waals surface area (Å²) in [7, 11) is 1.59. The van der Waals surface area contributed by atoms with Crippen molar-refractivity contribution in [3.05, 3.63) is 57.1 Å². The zero-order valence-corrected chi connectivity index (χ0v) is 12.5. The van der Waals surface area contributed by atoms with Crippen LogP contribution in [0.1, 0.15) is 21.5 Å². The molecule has 2 aromatic rings. The third-order valence-corrected chi connectivity index (χ3v) is 3.79. The van der Waals surface area contributed by atoms with Crippen LogP contribution in [0.3, 0.4) is 0 Å². The van der Waals surface area contributed by atoms with E-state index in [-0.39, 0.29) is 21.5 Å². The smallest absolute Gasteiger partial charge is 0.193 e. The lowest BCUT2D eigenvalue weighted by Crippen LogP contribution is -2.03. The van der Waals surface area contributed by atoms with Crippen LogP contribution in [0.4, 0.5) is 5.69 Å². The van der Waals surface area contributed by atoms with Crippen molar-refractivity contribution in [2.75, 3.05) is 12.8 Å². The second-order valence-electron chi connectivity index (χ2n) is 4.37. The van der Waals surface area contributed by atoms with E-state index in [9.17, 15) is 4.79 Å². The first-order valence-corrected chi connectivity index (χ1v) is 6.63. The molecule has 2 aromatic carbocycles. The molecule has 20 heavy (non-hydrogen) atoms. The van der Waals surface area contributed by atoms with E-state index < -0.39 is 0 Å². The summed E-state index contributed by atoms with van der Waals surface area (Å²) in [6.07, 6.45) is 0. The van der Waals surface area contributed by atoms with Gasteiger partial charge >= 0.3 is 0 Å². The van der Waals surface area contributed by atoms with Crippen molar-refractivity contribution in [3.63, 3.8) is 0 Å². The SMILES string of the molecule is COc1ccc(C(=O)c2cc(N)c(Cl)c(Cl)c2)cc1C. The highest BCUT2D eigenvalue weighted by Crippen LogP contribution is 2.30. The van der Waals surface area contributed by atoms with Gasteiger partial charge in [-0.3, -0.25) is 4.79 Å². The van der Waals surface area contributed by atoms with Crippen molar-refractivity contribution < 1.29 is 9.53 Å². The minimum Gasteiger partial charge on any atom is -0.496 e. The summed E-state index contributed by atoms with van der Waals surface area (Å²) in [5.74, 6) is 0.566. The normalized spacial score (nSPS) is 10.4. The molecule has 104 valence electrons. The number of hydrogen-bond acceptors (Lipinski definition) is 3. The number of ketones is 1. The predicted octanol–water partition coefficient (Wildman–Crippen LogP) is 4.12. The first-order valence-electron chi connectivity index (χ1n) is 5.88. The highest BCUT2D eigenvalue weighted by atomic mass is 35.5. The Hall–Kier alpha value is -1.71. The van der Waals surface area contributed by atoms with E-state index in [4.69, 9.17) is 33.7 Å². The fraction of sp³-hybridized carbons (Fsp3) is 0.133. The Morgan fingerprint density at radius 1 is 1.15 bits per heavy atom. The van der Waals surface area contributed by atoms with Crippen LogP contribution in [-0.4, -0.2) is 12.9 Å². The number of rotatable bonds is 3. The molecular formula is C15H13Cl2NO2. The summed E-state index contributed by atoms with van der Waals surface area (Å²) >= 11 is 11.8. The lowest BCUT2D eigenvalue weighted by molar-refractivity contribution is 0.103. The van der Waals surface area contributed by atoms with Crippen LogP contribution in [0.15, 0.2) is 30.3 Å². The summed E-state index contributed by atoms with van der Waals surface area (Å²) in [5, 5.41) is 0.523. The van der Waals surface area contributed by atoms with Gasteiger partial charge in [0.2, 0.25) is 0 Å². The van der Waals surface area contributed by atoms with E-state index >= 15 is 0 Å². The third kappa shape index (κ3) is 2.74. The number of anilines is 1. The molecule has 0 atom stereocenters. The van der Waals surface area contributed by atoms with E-state index in [1.807, 2.05) is 6.92 Å². The number of aryl methyl sites for hydroxylation is 1. The van der Waals surface area contributed by atoms with E-state index in [0.29, 0.717) is 11.1 Å². The Labute approximate surface area is 127 Å². The van der Waals surface area contributed by atoms with Crippen molar-refractivity contribution >= 4 is 34.7 Å². The van der Waals surface area contributed by atoms with Gasteiger partial charge in [-0.05, 0) is 42.8 Å². The second-order valence-corrected chi connectivity index (χ2v) is 5.16. The van der Waals surface area contributed by atoms with Crippen LogP contribution in [-0.2, 0) is 0 Å². The molecular weight excluding hydrogens is 297 g/mol. The Kier molecular flexibility index (Phi) is 4.21. The molecule has 0 bridgehead atoms. The number of hydrogen-bond donors (Lipinski definition) is 1. The number of methoxy groups -OCH3 is 1. The number of halogens is 2. The van der Waals surface area contributed by atoms with Gasteiger partial charge in [0.25, 0.3) is 0 Å². The molecule has 0 unspecified atom stereocenters. The highest BCUT2D eigenvalue weighted by molar-refractivity contribution is 6.44. The lowest BCUT2D eigenvalue weighted by Gasteiger charge is -2.08. The summed E-state index contributed by atoms with van der Waals surface area (Å²) in [6.45, 7) is 1.87. The number of carbonyl (C=O) groups is 1. The summed E-state index contributed by atoms with van der Waals surface area (Å²) in [4.78, 5) is 12.4. The van der Waals surface area contributed by atoms with Crippen molar-refractivity contribution in [2.45, 2.75) is 6.92 Å². The van der Waals surface area contributed by atoms with E-state index in [1.54, 1.807) is 25.3 Å². The monoisotopic (exact) mass is 309 g/mol. The van der Waals surface area contributed by atoms with Gasteiger partial charge in [0.1, 0.15) is 5.75 Å². The van der Waals surface area contributed by atoms with Crippen LogP contribution < -0.4 is 10.5 Å². The van der Waals surface area contributed by atoms with Gasteiger partial charge in [0, 0.05) is 11.1 Å². The lowest BCUT2D eigenvalue weighted by atomic mass is 10.0. The van der Waals surface area contributed by atoms with Gasteiger partial charge in [0.05, 0.1) is 22.8 Å². The molecule has 0 aliphatic heterocycles. The second kappa shape index (κ2) is 5.73. The molecule has 0 heterocycles. The third-order valence-electron chi connectivity index (χ3n) is 2.98. The average molecular weight is 310 g/mol. The van der Waals surface area contributed by atoms with Crippen LogP contribution in [0, 0.1) is 6.92 Å². The molecule has 0 saturated carbocycles. The maximum Gasteiger partial charge on any atom is 0.193 e. The topological polar surface area (TPSA) is 52.3 Å². The Bertz CT molecular complexity index is 661.